The quantitative estimate of drug-likeness (QED) is 0.604. The number of hydrogen-bond donors (Lipinski definition) is 2. The maximum atomic E-state index is 12.6. The van der Waals surface area contributed by atoms with Crippen LogP contribution >= 0.6 is 0 Å². The van der Waals surface area contributed by atoms with Crippen LogP contribution in [0.2, 0.25) is 0 Å². The highest BCUT2D eigenvalue weighted by atomic mass is 32.2. The highest BCUT2D eigenvalue weighted by Gasteiger charge is 2.31. The lowest BCUT2D eigenvalue weighted by molar-refractivity contribution is -0.115. The summed E-state index contributed by atoms with van der Waals surface area (Å²) in [5, 5.41) is 9.97. The molecule has 1 fully saturated rings. The molecular formula is C23H32N4O5S. The van der Waals surface area contributed by atoms with Crippen LogP contribution in [0.1, 0.15) is 56.7 Å². The number of nitrogens with zero attached hydrogens (tertiary/aromatic N) is 2. The second kappa shape index (κ2) is 10.4. The Labute approximate surface area is 194 Å². The first-order chi connectivity index (χ1) is 15.6. The van der Waals surface area contributed by atoms with Crippen molar-refractivity contribution >= 4 is 27.7 Å². The van der Waals surface area contributed by atoms with Gasteiger partial charge in [-0.25, -0.2) is 13.2 Å². The summed E-state index contributed by atoms with van der Waals surface area (Å²) in [5.41, 5.74) is 1.40. The predicted octanol–water partition coefficient (Wildman–Crippen LogP) is 3.17. The molecule has 0 saturated heterocycles. The molecule has 10 heteroatoms. The monoisotopic (exact) mass is 476 g/mol. The fourth-order valence-electron chi connectivity index (χ4n) is 4.10. The molecule has 0 unspecified atom stereocenters. The van der Waals surface area contributed by atoms with E-state index in [1.807, 2.05) is 27.0 Å². The van der Waals surface area contributed by atoms with Crippen LogP contribution in [0.4, 0.5) is 10.6 Å². The molecule has 2 amide bonds. The van der Waals surface area contributed by atoms with E-state index in [0.29, 0.717) is 17.8 Å². The van der Waals surface area contributed by atoms with Crippen LogP contribution in [0.25, 0.3) is 0 Å². The Morgan fingerprint density at radius 1 is 1.27 bits per heavy atom. The van der Waals surface area contributed by atoms with Crippen molar-refractivity contribution < 1.29 is 22.7 Å². The molecule has 9 nitrogen and oxygen atoms in total. The third-order valence-electron chi connectivity index (χ3n) is 5.96. The van der Waals surface area contributed by atoms with Crippen molar-refractivity contribution in [3.8, 4) is 0 Å². The third-order valence-corrected chi connectivity index (χ3v) is 7.16. The molecule has 0 radical (unpaired) electrons. The Morgan fingerprint density at radius 3 is 2.70 bits per heavy atom. The van der Waals surface area contributed by atoms with Crippen molar-refractivity contribution in [3.05, 3.63) is 41.6 Å². The van der Waals surface area contributed by atoms with Crippen molar-refractivity contribution in [1.29, 1.82) is 0 Å². The zero-order chi connectivity index (χ0) is 24.2. The fourth-order valence-corrected chi connectivity index (χ4v) is 5.04. The number of hydrogen-bond acceptors (Lipinski definition) is 6. The van der Waals surface area contributed by atoms with Crippen molar-refractivity contribution in [1.82, 2.24) is 15.1 Å². The van der Waals surface area contributed by atoms with E-state index in [4.69, 9.17) is 4.74 Å². The van der Waals surface area contributed by atoms with E-state index in [1.54, 1.807) is 22.9 Å². The molecule has 1 aliphatic carbocycles. The molecule has 180 valence electrons. The van der Waals surface area contributed by atoms with E-state index in [-0.39, 0.29) is 41.4 Å². The molecule has 3 rings (SSSR count). The number of aromatic nitrogens is 2. The van der Waals surface area contributed by atoms with Crippen LogP contribution in [0.15, 0.2) is 35.2 Å². The smallest absolute Gasteiger partial charge is 0.407 e. The summed E-state index contributed by atoms with van der Waals surface area (Å²) in [6.45, 7) is 3.93. The lowest BCUT2D eigenvalue weighted by Crippen LogP contribution is -2.34. The number of amides is 2. The Kier molecular flexibility index (Phi) is 7.78. The normalized spacial score (nSPS) is 19.2. The number of aryl methyl sites for hydroxylation is 1. The summed E-state index contributed by atoms with van der Waals surface area (Å²) in [7, 11) is -1.61. The Balaban J connectivity index is 1.60. The molecule has 1 aromatic heterocycles. The van der Waals surface area contributed by atoms with Gasteiger partial charge in [0.25, 0.3) is 0 Å². The summed E-state index contributed by atoms with van der Waals surface area (Å²) >= 11 is 0. The van der Waals surface area contributed by atoms with E-state index in [1.165, 1.54) is 6.07 Å². The largest absolute Gasteiger partial charge is 0.446 e. The minimum Gasteiger partial charge on any atom is -0.446 e. The molecule has 2 N–H and O–H groups in total. The molecule has 0 spiro atoms. The van der Waals surface area contributed by atoms with Gasteiger partial charge in [0.15, 0.2) is 15.7 Å². The van der Waals surface area contributed by atoms with Gasteiger partial charge >= 0.3 is 6.09 Å². The maximum Gasteiger partial charge on any atom is 0.407 e. The zero-order valence-electron chi connectivity index (χ0n) is 19.5. The van der Waals surface area contributed by atoms with Crippen LogP contribution in [0, 0.1) is 0 Å². The lowest BCUT2D eigenvalue weighted by Gasteiger charge is -2.16. The van der Waals surface area contributed by atoms with Crippen molar-refractivity contribution in [2.45, 2.75) is 68.9 Å². The minimum absolute atomic E-state index is 0.0697. The van der Waals surface area contributed by atoms with Crippen LogP contribution in [0.3, 0.4) is 0 Å². The SMILES string of the molecule is CC[C@H](C)NC(=O)O[C@@H]1CC[C@H](c2cc(NC(=O)Cc3ccccc3S(C)(=O)=O)nn2C)C1. The summed E-state index contributed by atoms with van der Waals surface area (Å²) in [6.07, 6.45) is 3.68. The summed E-state index contributed by atoms with van der Waals surface area (Å²) in [5.74, 6) is 0.235. The molecule has 1 aromatic carbocycles. The van der Waals surface area contributed by atoms with Crippen molar-refractivity contribution in [3.63, 3.8) is 0 Å². The number of benzene rings is 1. The van der Waals surface area contributed by atoms with E-state index < -0.39 is 9.84 Å². The molecule has 1 heterocycles. The van der Waals surface area contributed by atoms with E-state index in [2.05, 4.69) is 15.7 Å². The van der Waals surface area contributed by atoms with Crippen molar-refractivity contribution in [2.24, 2.45) is 7.05 Å². The Hall–Kier alpha value is -2.88. The predicted molar refractivity (Wildman–Crippen MR) is 125 cm³/mol. The van der Waals surface area contributed by atoms with Crippen LogP contribution in [0.5, 0.6) is 0 Å². The molecule has 2 aromatic rings. The highest BCUT2D eigenvalue weighted by Crippen LogP contribution is 2.36. The van der Waals surface area contributed by atoms with Crippen LogP contribution < -0.4 is 10.6 Å². The number of anilines is 1. The number of alkyl carbamates (subject to hydrolysis) is 1. The van der Waals surface area contributed by atoms with Gasteiger partial charge in [-0.1, -0.05) is 25.1 Å². The Morgan fingerprint density at radius 2 is 2.00 bits per heavy atom. The first-order valence-corrected chi connectivity index (χ1v) is 13.0. The number of rotatable bonds is 8. The van der Waals surface area contributed by atoms with E-state index in [9.17, 15) is 18.0 Å². The summed E-state index contributed by atoms with van der Waals surface area (Å²) in [6, 6.07) is 8.37. The zero-order valence-corrected chi connectivity index (χ0v) is 20.3. The van der Waals surface area contributed by atoms with Gasteiger partial charge in [0, 0.05) is 37.0 Å². The number of carbonyl (C=O) groups is 2. The van der Waals surface area contributed by atoms with E-state index >= 15 is 0 Å². The fraction of sp³-hybridized carbons (Fsp3) is 0.522. The van der Waals surface area contributed by atoms with Gasteiger partial charge in [-0.05, 0) is 44.2 Å². The average Bonchev–Trinajstić information content (AvgIpc) is 3.33. The second-order valence-electron chi connectivity index (χ2n) is 8.67. The van der Waals surface area contributed by atoms with Gasteiger partial charge in [0.2, 0.25) is 5.91 Å². The van der Waals surface area contributed by atoms with Gasteiger partial charge in [-0.3, -0.25) is 9.48 Å². The molecule has 1 saturated carbocycles. The van der Waals surface area contributed by atoms with Crippen LogP contribution in [-0.2, 0) is 32.8 Å². The Bertz CT molecular complexity index is 1110. The van der Waals surface area contributed by atoms with Gasteiger partial charge in [-0.2, -0.15) is 5.10 Å². The topological polar surface area (TPSA) is 119 Å². The standard InChI is InChI=1S/C23H32N4O5S/c1-5-15(2)24-23(29)32-18-11-10-16(12-18)19-14-21(26-27(19)3)25-22(28)13-17-8-6-7-9-20(17)33(4,30)31/h6-9,14-16,18H,5,10-13H2,1-4H3,(H,24,29)(H,25,26,28)/t15-,16-,18+/m0/s1. The molecule has 0 bridgehead atoms. The van der Waals surface area contributed by atoms with Gasteiger partial charge in [-0.15, -0.1) is 0 Å². The first kappa shape index (κ1) is 24.8. The summed E-state index contributed by atoms with van der Waals surface area (Å²) in [4.78, 5) is 24.7. The molecule has 0 aliphatic heterocycles. The first-order valence-electron chi connectivity index (χ1n) is 11.2. The number of nitrogens with one attached hydrogen (secondary N) is 2. The minimum atomic E-state index is -3.43. The number of sulfone groups is 1. The van der Waals surface area contributed by atoms with Gasteiger partial charge < -0.3 is 15.4 Å². The van der Waals surface area contributed by atoms with Gasteiger partial charge in [0.05, 0.1) is 11.3 Å². The molecule has 1 aliphatic rings. The van der Waals surface area contributed by atoms with Gasteiger partial charge in [0.1, 0.15) is 6.10 Å². The average molecular weight is 477 g/mol. The van der Waals surface area contributed by atoms with E-state index in [0.717, 1.165) is 31.2 Å². The molecular weight excluding hydrogens is 444 g/mol. The van der Waals surface area contributed by atoms with Crippen molar-refractivity contribution in [2.75, 3.05) is 11.6 Å². The number of ether oxygens (including phenoxy) is 1. The summed E-state index contributed by atoms with van der Waals surface area (Å²) < 4.78 is 31.2. The second-order valence-corrected chi connectivity index (χ2v) is 10.7. The van der Waals surface area contributed by atoms with Crippen LogP contribution in [-0.4, -0.2) is 48.6 Å². The number of carbonyl (C=O) groups excluding carboxylic acids is 2. The molecule has 3 atom stereocenters. The lowest BCUT2D eigenvalue weighted by atomic mass is 10.0. The molecule has 33 heavy (non-hydrogen) atoms. The maximum absolute atomic E-state index is 12.6. The third kappa shape index (κ3) is 6.56. The highest BCUT2D eigenvalue weighted by molar-refractivity contribution is 7.90.